The van der Waals surface area contributed by atoms with Crippen LogP contribution in [-0.2, 0) is 4.74 Å². The quantitative estimate of drug-likeness (QED) is 0.848. The SMILES string of the molecule is Cc1cc(C)nc(NCC2(CCO)CCOCC2)n1. The summed E-state index contributed by atoms with van der Waals surface area (Å²) in [6.45, 7) is 6.50. The normalized spacial score (nSPS) is 18.3. The number of aliphatic hydroxyl groups excluding tert-OH is 1. The smallest absolute Gasteiger partial charge is 0.223 e. The highest BCUT2D eigenvalue weighted by Crippen LogP contribution is 2.33. The fraction of sp³-hybridized carbons (Fsp3) is 0.714. The van der Waals surface area contributed by atoms with Crippen molar-refractivity contribution in [2.45, 2.75) is 33.1 Å². The summed E-state index contributed by atoms with van der Waals surface area (Å²) < 4.78 is 5.42. The van der Waals surface area contributed by atoms with Crippen LogP contribution in [0, 0.1) is 19.3 Å². The minimum absolute atomic E-state index is 0.105. The van der Waals surface area contributed by atoms with Crippen molar-refractivity contribution in [2.24, 2.45) is 5.41 Å². The Labute approximate surface area is 114 Å². The molecule has 19 heavy (non-hydrogen) atoms. The molecule has 0 atom stereocenters. The Hall–Kier alpha value is -1.20. The number of aliphatic hydroxyl groups is 1. The van der Waals surface area contributed by atoms with Gasteiger partial charge in [0.05, 0.1) is 0 Å². The van der Waals surface area contributed by atoms with Gasteiger partial charge in [-0.2, -0.15) is 0 Å². The molecule has 0 aromatic carbocycles. The van der Waals surface area contributed by atoms with Crippen molar-refractivity contribution in [1.29, 1.82) is 0 Å². The highest BCUT2D eigenvalue weighted by Gasteiger charge is 2.32. The largest absolute Gasteiger partial charge is 0.396 e. The Kier molecular flexibility index (Phi) is 4.71. The maximum atomic E-state index is 9.27. The zero-order chi connectivity index (χ0) is 13.7. The van der Waals surface area contributed by atoms with E-state index in [1.54, 1.807) is 0 Å². The van der Waals surface area contributed by atoms with Crippen LogP contribution in [0.25, 0.3) is 0 Å². The minimum atomic E-state index is 0.105. The van der Waals surface area contributed by atoms with Crippen molar-refractivity contribution in [3.63, 3.8) is 0 Å². The van der Waals surface area contributed by atoms with Gasteiger partial charge in [0.15, 0.2) is 0 Å². The summed E-state index contributed by atoms with van der Waals surface area (Å²) in [5.41, 5.74) is 2.05. The molecule has 106 valence electrons. The van der Waals surface area contributed by atoms with Crippen LogP contribution < -0.4 is 5.32 Å². The predicted molar refractivity (Wildman–Crippen MR) is 74.2 cm³/mol. The topological polar surface area (TPSA) is 67.3 Å². The first-order valence-corrected chi connectivity index (χ1v) is 6.88. The Morgan fingerprint density at radius 1 is 1.26 bits per heavy atom. The fourth-order valence-electron chi connectivity index (χ4n) is 2.63. The molecule has 0 amide bonds. The number of hydrogen-bond donors (Lipinski definition) is 2. The van der Waals surface area contributed by atoms with Crippen LogP contribution >= 0.6 is 0 Å². The molecule has 0 radical (unpaired) electrons. The molecule has 5 nitrogen and oxygen atoms in total. The van der Waals surface area contributed by atoms with Gasteiger partial charge in [-0.05, 0) is 44.6 Å². The summed E-state index contributed by atoms with van der Waals surface area (Å²) in [5.74, 6) is 0.682. The van der Waals surface area contributed by atoms with Crippen LogP contribution in [0.2, 0.25) is 0 Å². The Bertz CT molecular complexity index is 391. The summed E-state index contributed by atoms with van der Waals surface area (Å²) in [4.78, 5) is 8.79. The summed E-state index contributed by atoms with van der Waals surface area (Å²) in [6.07, 6.45) is 2.75. The van der Waals surface area contributed by atoms with Gasteiger partial charge in [0.25, 0.3) is 0 Å². The first kappa shape index (κ1) is 14.2. The molecule has 1 aliphatic rings. The number of aromatic nitrogens is 2. The lowest BCUT2D eigenvalue weighted by molar-refractivity contribution is 0.00897. The molecule has 2 heterocycles. The number of ether oxygens (including phenoxy) is 1. The van der Waals surface area contributed by atoms with Gasteiger partial charge in [0, 0.05) is 37.8 Å². The molecule has 2 rings (SSSR count). The van der Waals surface area contributed by atoms with E-state index in [0.29, 0.717) is 5.95 Å². The average Bonchev–Trinajstić information content (AvgIpc) is 2.37. The highest BCUT2D eigenvalue weighted by molar-refractivity contribution is 5.28. The molecule has 1 fully saturated rings. The summed E-state index contributed by atoms with van der Waals surface area (Å²) in [7, 11) is 0. The van der Waals surface area contributed by atoms with Crippen LogP contribution in [0.4, 0.5) is 5.95 Å². The van der Waals surface area contributed by atoms with Crippen LogP contribution in [0.3, 0.4) is 0 Å². The van der Waals surface area contributed by atoms with E-state index < -0.39 is 0 Å². The van der Waals surface area contributed by atoms with E-state index in [9.17, 15) is 5.11 Å². The maximum absolute atomic E-state index is 9.27. The van der Waals surface area contributed by atoms with Gasteiger partial charge in [-0.3, -0.25) is 0 Å². The number of hydrogen-bond acceptors (Lipinski definition) is 5. The van der Waals surface area contributed by atoms with Gasteiger partial charge in [-0.15, -0.1) is 0 Å². The van der Waals surface area contributed by atoms with E-state index in [1.807, 2.05) is 19.9 Å². The average molecular weight is 265 g/mol. The first-order valence-electron chi connectivity index (χ1n) is 6.88. The van der Waals surface area contributed by atoms with Crippen molar-refractivity contribution in [3.05, 3.63) is 17.5 Å². The highest BCUT2D eigenvalue weighted by atomic mass is 16.5. The second kappa shape index (κ2) is 6.30. The maximum Gasteiger partial charge on any atom is 0.223 e. The Balaban J connectivity index is 2.01. The van der Waals surface area contributed by atoms with Crippen LogP contribution in [0.5, 0.6) is 0 Å². The zero-order valence-electron chi connectivity index (χ0n) is 11.8. The standard InChI is InChI=1S/C14H23N3O2/c1-11-9-12(2)17-13(16-11)15-10-14(3-6-18)4-7-19-8-5-14/h9,18H,3-8,10H2,1-2H3,(H,15,16,17). The third-order valence-corrected chi connectivity index (χ3v) is 3.80. The molecule has 0 bridgehead atoms. The number of nitrogens with one attached hydrogen (secondary N) is 1. The Morgan fingerprint density at radius 2 is 1.89 bits per heavy atom. The molecule has 1 aromatic heterocycles. The molecule has 2 N–H and O–H groups in total. The van der Waals surface area contributed by atoms with Crippen molar-refractivity contribution >= 4 is 5.95 Å². The van der Waals surface area contributed by atoms with Crippen LogP contribution in [0.15, 0.2) is 6.07 Å². The third kappa shape index (κ3) is 3.88. The monoisotopic (exact) mass is 265 g/mol. The van der Waals surface area contributed by atoms with E-state index in [-0.39, 0.29) is 12.0 Å². The molecule has 5 heteroatoms. The number of rotatable bonds is 5. The molecule has 1 saturated heterocycles. The molecular weight excluding hydrogens is 242 g/mol. The second-order valence-electron chi connectivity index (χ2n) is 5.41. The van der Waals surface area contributed by atoms with E-state index in [0.717, 1.165) is 50.4 Å². The third-order valence-electron chi connectivity index (χ3n) is 3.80. The molecule has 0 spiro atoms. The summed E-state index contributed by atoms with van der Waals surface area (Å²) >= 11 is 0. The minimum Gasteiger partial charge on any atom is -0.396 e. The molecular formula is C14H23N3O2. The number of nitrogens with zero attached hydrogens (tertiary/aromatic N) is 2. The van der Waals surface area contributed by atoms with Crippen molar-refractivity contribution in [2.75, 3.05) is 31.7 Å². The predicted octanol–water partition coefficient (Wildman–Crippen LogP) is 1.68. The molecule has 0 unspecified atom stereocenters. The molecule has 0 aliphatic carbocycles. The van der Waals surface area contributed by atoms with Gasteiger partial charge in [0.2, 0.25) is 5.95 Å². The zero-order valence-corrected chi connectivity index (χ0v) is 11.8. The lowest BCUT2D eigenvalue weighted by Crippen LogP contribution is -2.37. The van der Waals surface area contributed by atoms with E-state index in [1.165, 1.54) is 0 Å². The van der Waals surface area contributed by atoms with E-state index >= 15 is 0 Å². The summed E-state index contributed by atoms with van der Waals surface area (Å²) in [5, 5.41) is 12.6. The van der Waals surface area contributed by atoms with Gasteiger partial charge in [-0.1, -0.05) is 0 Å². The fourth-order valence-corrected chi connectivity index (χ4v) is 2.63. The number of aryl methyl sites for hydroxylation is 2. The first-order chi connectivity index (χ1) is 9.13. The van der Waals surface area contributed by atoms with Crippen molar-refractivity contribution in [3.8, 4) is 0 Å². The van der Waals surface area contributed by atoms with Crippen LogP contribution in [-0.4, -0.2) is 41.4 Å². The van der Waals surface area contributed by atoms with Gasteiger partial charge in [0.1, 0.15) is 0 Å². The van der Waals surface area contributed by atoms with Gasteiger partial charge >= 0.3 is 0 Å². The number of anilines is 1. The second-order valence-corrected chi connectivity index (χ2v) is 5.41. The Morgan fingerprint density at radius 3 is 2.47 bits per heavy atom. The van der Waals surface area contributed by atoms with Crippen molar-refractivity contribution < 1.29 is 9.84 Å². The lowest BCUT2D eigenvalue weighted by Gasteiger charge is -2.37. The molecule has 0 saturated carbocycles. The lowest BCUT2D eigenvalue weighted by atomic mass is 9.77. The van der Waals surface area contributed by atoms with Gasteiger partial charge < -0.3 is 15.2 Å². The summed E-state index contributed by atoms with van der Waals surface area (Å²) in [6, 6.07) is 1.96. The molecule has 1 aliphatic heterocycles. The van der Waals surface area contributed by atoms with E-state index in [2.05, 4.69) is 15.3 Å². The molecule has 1 aromatic rings. The van der Waals surface area contributed by atoms with Crippen LogP contribution in [0.1, 0.15) is 30.7 Å². The van der Waals surface area contributed by atoms with Crippen molar-refractivity contribution in [1.82, 2.24) is 9.97 Å². The van der Waals surface area contributed by atoms with E-state index in [4.69, 9.17) is 4.74 Å². The van der Waals surface area contributed by atoms with Gasteiger partial charge in [-0.25, -0.2) is 9.97 Å².